The molecule has 0 N–H and O–H groups in total. The van der Waals surface area contributed by atoms with Crippen LogP contribution in [0.2, 0.25) is 0 Å². The molecule has 0 aliphatic heterocycles. The second-order valence-electron chi connectivity index (χ2n) is 0.163. The fourth-order valence-corrected chi connectivity index (χ4v) is 0. The van der Waals surface area contributed by atoms with Crippen molar-refractivity contribution >= 4 is 44.8 Å². The Bertz CT molecular complexity index is 25.0. The van der Waals surface area contributed by atoms with E-state index >= 15 is 0 Å². The van der Waals surface area contributed by atoms with Gasteiger partial charge < -0.3 is 0 Å². The third-order valence-corrected chi connectivity index (χ3v) is 8.10. The molecule has 0 atom stereocenters. The van der Waals surface area contributed by atoms with Gasteiger partial charge in [0.1, 0.15) is 0 Å². The van der Waals surface area contributed by atoms with Crippen LogP contribution in [0.3, 0.4) is 0 Å². The third kappa shape index (κ3) is 3.56. The molecular weight excluding hydrogens is 214 g/mol. The van der Waals surface area contributed by atoms with Crippen LogP contribution in [0.25, 0.3) is 0 Å². The van der Waals surface area contributed by atoms with Gasteiger partial charge in [0.25, 0.3) is 0 Å². The van der Waals surface area contributed by atoms with Crippen molar-refractivity contribution in [2.45, 2.75) is 0 Å². The Morgan fingerprint density at radius 2 is 1.25 bits per heavy atom. The summed E-state index contributed by atoms with van der Waals surface area (Å²) in [6.45, 7) is 0. The molecule has 0 radical (unpaired) electrons. The number of hydrogen-bond donors (Lipinski definition) is 0. The first-order chi connectivity index (χ1) is 1.91. The Morgan fingerprint density at radius 1 is 1.00 bits per heavy atom. The van der Waals surface area contributed by atoms with Crippen LogP contribution in [0.1, 0.15) is 0 Å². The van der Waals surface area contributed by atoms with E-state index in [1.54, 1.807) is 0 Å². The summed E-state index contributed by atoms with van der Waals surface area (Å²) >= 11 is 0.414. The van der Waals surface area contributed by atoms with E-state index in [9.17, 15) is 0 Å². The standard InChI is InChI=1S/As2S2/c3-1-2-4. The molecule has 0 saturated heterocycles. The van der Waals surface area contributed by atoms with Crippen LogP contribution in [0.4, 0.5) is 0 Å². The van der Waals surface area contributed by atoms with Crippen LogP contribution in [0.15, 0.2) is 0 Å². The van der Waals surface area contributed by atoms with Gasteiger partial charge in [-0.1, -0.05) is 0 Å². The van der Waals surface area contributed by atoms with Crippen LogP contribution in [0.5, 0.6) is 0 Å². The molecule has 0 aliphatic carbocycles. The van der Waals surface area contributed by atoms with Gasteiger partial charge in [0.15, 0.2) is 0 Å². The Labute approximate surface area is 44.5 Å². The van der Waals surface area contributed by atoms with E-state index in [0.29, 0.717) is 0 Å². The molecule has 22 valence electrons. The Morgan fingerprint density at radius 3 is 1.25 bits per heavy atom. The van der Waals surface area contributed by atoms with Crippen molar-refractivity contribution in [1.29, 1.82) is 0 Å². The van der Waals surface area contributed by atoms with E-state index in [-0.39, 0.29) is 24.0 Å². The van der Waals surface area contributed by atoms with Crippen molar-refractivity contribution in [2.75, 3.05) is 0 Å². The molecule has 0 rings (SSSR count). The first-order valence-corrected chi connectivity index (χ1v) is 11.1. The van der Waals surface area contributed by atoms with Gasteiger partial charge in [-0.25, -0.2) is 0 Å². The second kappa shape index (κ2) is 4.56. The van der Waals surface area contributed by atoms with E-state index < -0.39 is 0 Å². The zero-order valence-electron chi connectivity index (χ0n) is 1.71. The number of hydrogen-bond acceptors (Lipinski definition) is 2. The first kappa shape index (κ1) is 5.56. The summed E-state index contributed by atoms with van der Waals surface area (Å²) in [4.78, 5) is 0. The molecule has 0 saturated carbocycles. The van der Waals surface area contributed by atoms with Crippen molar-refractivity contribution in [3.8, 4) is 0 Å². The maximum atomic E-state index is 4.58. The van der Waals surface area contributed by atoms with Gasteiger partial charge in [-0.2, -0.15) is 0 Å². The zero-order valence-corrected chi connectivity index (χ0v) is 7.10. The van der Waals surface area contributed by atoms with Crippen molar-refractivity contribution < 1.29 is 0 Å². The van der Waals surface area contributed by atoms with Gasteiger partial charge in [0.2, 0.25) is 0 Å². The van der Waals surface area contributed by atoms with Crippen LogP contribution < -0.4 is 0 Å². The zero-order chi connectivity index (χ0) is 3.41. The molecular formula is As2S2. The van der Waals surface area contributed by atoms with Gasteiger partial charge in [0, 0.05) is 0 Å². The van der Waals surface area contributed by atoms with Gasteiger partial charge >= 0.3 is 44.8 Å². The monoisotopic (exact) mass is 214 g/mol. The molecule has 0 aromatic heterocycles. The fraction of sp³-hybridized carbons (Fsp3) is 0. The summed E-state index contributed by atoms with van der Waals surface area (Å²) in [6, 6.07) is 0. The van der Waals surface area contributed by atoms with Gasteiger partial charge in [-0.3, -0.25) is 0 Å². The van der Waals surface area contributed by atoms with Crippen LogP contribution in [0, 0.1) is 0 Å². The summed E-state index contributed by atoms with van der Waals surface area (Å²) in [5.74, 6) is 0. The van der Waals surface area contributed by atoms with E-state index in [4.69, 9.17) is 0 Å². The van der Waals surface area contributed by atoms with Crippen molar-refractivity contribution in [2.24, 2.45) is 0 Å². The molecule has 0 fully saturated rings. The van der Waals surface area contributed by atoms with E-state index in [1.165, 1.54) is 0 Å². The van der Waals surface area contributed by atoms with E-state index in [0.717, 1.165) is 0 Å². The molecule has 0 bridgehead atoms. The molecule has 0 aromatic carbocycles. The normalized spacial score (nSPS) is 9.00. The summed E-state index contributed by atoms with van der Waals surface area (Å²) in [7, 11) is 9.17. The summed E-state index contributed by atoms with van der Waals surface area (Å²) in [5, 5.41) is 0. The predicted molar refractivity (Wildman–Crippen MR) is 26.7 cm³/mol. The van der Waals surface area contributed by atoms with Crippen LogP contribution in [-0.4, -0.2) is 24.0 Å². The van der Waals surface area contributed by atoms with Gasteiger partial charge in [0.05, 0.1) is 0 Å². The molecule has 0 spiro atoms. The number of rotatable bonds is 1. The minimum absolute atomic E-state index is 0.207. The summed E-state index contributed by atoms with van der Waals surface area (Å²) in [5.41, 5.74) is 0. The maximum absolute atomic E-state index is 4.58. The minimum atomic E-state index is 0.207. The first-order valence-electron chi connectivity index (χ1n) is 0.565. The molecule has 0 unspecified atom stereocenters. The molecule has 4 heteroatoms. The fourth-order valence-electron chi connectivity index (χ4n) is 0. The quantitative estimate of drug-likeness (QED) is 0.584. The Hall–Kier alpha value is 1.56. The summed E-state index contributed by atoms with van der Waals surface area (Å²) < 4.78 is 0. The molecule has 0 nitrogen and oxygen atoms in total. The van der Waals surface area contributed by atoms with Crippen molar-refractivity contribution in [3.05, 3.63) is 0 Å². The van der Waals surface area contributed by atoms with Crippen LogP contribution in [-0.2, 0) is 0 Å². The van der Waals surface area contributed by atoms with E-state index in [2.05, 4.69) is 20.8 Å². The third-order valence-electron chi connectivity index (χ3n) is 0.0333. The SMILES string of the molecule is S=[As][As]=S. The predicted octanol–water partition coefficient (Wildman–Crippen LogP) is 0.535. The van der Waals surface area contributed by atoms with E-state index in [1.807, 2.05) is 0 Å². The topological polar surface area (TPSA) is 0 Å². The van der Waals surface area contributed by atoms with Crippen molar-refractivity contribution in [3.63, 3.8) is 0 Å². The molecule has 4 heavy (non-hydrogen) atoms. The summed E-state index contributed by atoms with van der Waals surface area (Å²) in [6.07, 6.45) is 0. The molecule has 0 amide bonds. The average molecular weight is 214 g/mol. The second-order valence-corrected chi connectivity index (χ2v) is 13.2. The van der Waals surface area contributed by atoms with Crippen LogP contribution >= 0.6 is 20.8 Å². The van der Waals surface area contributed by atoms with Gasteiger partial charge in [-0.05, 0) is 0 Å². The molecule has 0 aliphatic rings. The molecule has 0 aromatic rings. The Kier molecular flexibility index (Phi) is 6.33. The molecule has 0 heterocycles. The van der Waals surface area contributed by atoms with Crippen molar-refractivity contribution in [1.82, 2.24) is 0 Å². The average Bonchev–Trinajstić information content (AvgIpc) is 1.37. The Balaban J connectivity index is 2.73. The van der Waals surface area contributed by atoms with Gasteiger partial charge in [-0.15, -0.1) is 0 Å².